The van der Waals surface area contributed by atoms with Gasteiger partial charge in [-0.2, -0.15) is 0 Å². The Labute approximate surface area is 338 Å². The lowest BCUT2D eigenvalue weighted by molar-refractivity contribution is -0.0841. The predicted molar refractivity (Wildman–Crippen MR) is 227 cm³/mol. The second-order valence-corrected chi connectivity index (χ2v) is 15.6. The van der Waals surface area contributed by atoms with Crippen LogP contribution in [-0.2, 0) is 28.0 Å². The van der Waals surface area contributed by atoms with Crippen LogP contribution in [0, 0.1) is 6.92 Å². The van der Waals surface area contributed by atoms with E-state index in [0.717, 1.165) is 65.8 Å². The quantitative estimate of drug-likeness (QED) is 0.0784. The monoisotopic (exact) mass is 781 g/mol. The summed E-state index contributed by atoms with van der Waals surface area (Å²) < 4.78 is 32.8. The lowest BCUT2D eigenvalue weighted by Crippen LogP contribution is -2.32. The Hall–Kier alpha value is -5.84. The molecule has 0 saturated heterocycles. The molecule has 10 nitrogen and oxygen atoms in total. The molecule has 300 valence electrons. The molecule has 0 fully saturated rings. The van der Waals surface area contributed by atoms with E-state index in [1.54, 1.807) is 18.2 Å². The summed E-state index contributed by atoms with van der Waals surface area (Å²) in [5, 5.41) is 9.63. The first kappa shape index (κ1) is 40.4. The van der Waals surface area contributed by atoms with Gasteiger partial charge in [0.2, 0.25) is 0 Å². The maximum atomic E-state index is 12.7. The van der Waals surface area contributed by atoms with Gasteiger partial charge in [0.1, 0.15) is 28.4 Å². The maximum absolute atomic E-state index is 12.7. The average molecular weight is 782 g/mol. The molecule has 58 heavy (non-hydrogen) atoms. The van der Waals surface area contributed by atoms with Crippen molar-refractivity contribution in [1.29, 1.82) is 0 Å². The van der Waals surface area contributed by atoms with Gasteiger partial charge in [-0.1, -0.05) is 60.2 Å². The summed E-state index contributed by atoms with van der Waals surface area (Å²) in [5.41, 5.74) is 4.98. The maximum Gasteiger partial charge on any atom is 0.193 e. The predicted octanol–water partition coefficient (Wildman–Crippen LogP) is 10.1. The summed E-state index contributed by atoms with van der Waals surface area (Å²) in [6.45, 7) is 12.6. The Morgan fingerprint density at radius 3 is 2.10 bits per heavy atom. The molecule has 0 bridgehead atoms. The van der Waals surface area contributed by atoms with Gasteiger partial charge in [-0.25, -0.2) is 4.68 Å². The summed E-state index contributed by atoms with van der Waals surface area (Å²) in [6.07, 6.45) is 5.96. The van der Waals surface area contributed by atoms with E-state index in [1.165, 1.54) is 0 Å². The summed E-state index contributed by atoms with van der Waals surface area (Å²) in [7, 11) is 0. The fourth-order valence-electron chi connectivity index (χ4n) is 7.01. The number of hydrogen-bond donors (Lipinski definition) is 0. The summed E-state index contributed by atoms with van der Waals surface area (Å²) in [5.74, 6) is 1.85. The van der Waals surface area contributed by atoms with Crippen molar-refractivity contribution in [3.05, 3.63) is 147 Å². The van der Waals surface area contributed by atoms with E-state index in [-0.39, 0.29) is 10.9 Å². The van der Waals surface area contributed by atoms with E-state index in [2.05, 4.69) is 38.0 Å². The van der Waals surface area contributed by atoms with Gasteiger partial charge in [0.05, 0.1) is 60.2 Å². The third-order valence-corrected chi connectivity index (χ3v) is 10.8. The van der Waals surface area contributed by atoms with Crippen LogP contribution < -0.4 is 15.6 Å². The number of hydrogen-bond acceptors (Lipinski definition) is 9. The van der Waals surface area contributed by atoms with Crippen LogP contribution in [0.5, 0.6) is 5.75 Å². The molecule has 0 saturated carbocycles. The Balaban J connectivity index is 0.825. The average Bonchev–Trinajstić information content (AvgIpc) is 3.67. The van der Waals surface area contributed by atoms with Gasteiger partial charge in [-0.05, 0) is 114 Å². The van der Waals surface area contributed by atoms with Crippen molar-refractivity contribution in [2.45, 2.75) is 84.5 Å². The molecule has 0 aliphatic heterocycles. The van der Waals surface area contributed by atoms with Crippen molar-refractivity contribution in [2.24, 2.45) is 0 Å². The number of benzene rings is 4. The third kappa shape index (κ3) is 9.64. The van der Waals surface area contributed by atoms with Crippen molar-refractivity contribution < 1.29 is 23.0 Å². The van der Waals surface area contributed by atoms with Gasteiger partial charge in [0.25, 0.3) is 0 Å². The topological polar surface area (TPSA) is 119 Å². The van der Waals surface area contributed by atoms with Gasteiger partial charge in [0.15, 0.2) is 10.9 Å². The number of aryl methyl sites for hydroxylation is 2. The van der Waals surface area contributed by atoms with Gasteiger partial charge in [-0.15, -0.1) is 5.10 Å². The molecule has 10 heteroatoms. The Bertz CT molecular complexity index is 2590. The number of aromatic nitrogens is 3. The van der Waals surface area contributed by atoms with E-state index >= 15 is 0 Å². The van der Waals surface area contributed by atoms with E-state index < -0.39 is 11.2 Å². The van der Waals surface area contributed by atoms with Crippen LogP contribution in [0.2, 0.25) is 0 Å². The van der Waals surface area contributed by atoms with E-state index in [9.17, 15) is 9.59 Å². The minimum Gasteiger partial charge on any atom is -0.494 e. The van der Waals surface area contributed by atoms with Crippen LogP contribution in [0.4, 0.5) is 0 Å². The smallest absolute Gasteiger partial charge is 0.193 e. The minimum absolute atomic E-state index is 0.0531. The molecule has 0 N–H and O–H groups in total. The normalized spacial score (nSPS) is 12.9. The van der Waals surface area contributed by atoms with Crippen LogP contribution in [0.1, 0.15) is 70.2 Å². The van der Waals surface area contributed by atoms with E-state index in [1.807, 2.05) is 103 Å². The number of fused-ring (bicyclic) bond motifs is 2. The van der Waals surface area contributed by atoms with Gasteiger partial charge < -0.3 is 23.0 Å². The molecule has 7 aromatic rings. The molecule has 0 aliphatic rings. The highest BCUT2D eigenvalue weighted by Gasteiger charge is 2.27. The standard InChI is InChI=1S/C48H51N3O7/c1-6-48(5,36-19-15-34(16-20-36)45-30-41(52)39-12-7-8-13-43(39)57-45)56-27-24-47(3,4)55-28-25-51-37(32-49-50-51)11-9-10-26-54-38-21-17-35(18-22-38)46-31-42(53)40-29-33(2)14-23-44(40)58-46/h7-8,12-23,29-32H,6,9-11,24-28H2,1-5H3. The van der Waals surface area contributed by atoms with Crippen molar-refractivity contribution in [1.82, 2.24) is 15.0 Å². The van der Waals surface area contributed by atoms with Crippen LogP contribution in [-0.4, -0.2) is 40.4 Å². The molecule has 1 unspecified atom stereocenters. The fourth-order valence-corrected chi connectivity index (χ4v) is 7.01. The van der Waals surface area contributed by atoms with E-state index in [0.29, 0.717) is 59.8 Å². The minimum atomic E-state index is -0.484. The molecule has 4 aromatic carbocycles. The third-order valence-electron chi connectivity index (χ3n) is 10.8. The fraction of sp³-hybridized carbons (Fsp3) is 0.333. The molecule has 0 radical (unpaired) electrons. The second-order valence-electron chi connectivity index (χ2n) is 15.6. The number of nitrogens with zero attached hydrogens (tertiary/aromatic N) is 3. The molecule has 3 heterocycles. The number of unbranched alkanes of at least 4 members (excludes halogenated alkanes) is 1. The van der Waals surface area contributed by atoms with Crippen molar-refractivity contribution in [2.75, 3.05) is 19.8 Å². The molecule has 7 rings (SSSR count). The van der Waals surface area contributed by atoms with Crippen molar-refractivity contribution in [3.63, 3.8) is 0 Å². The van der Waals surface area contributed by atoms with Crippen molar-refractivity contribution >= 4 is 21.9 Å². The van der Waals surface area contributed by atoms with Crippen LogP contribution in [0.15, 0.2) is 128 Å². The van der Waals surface area contributed by atoms with Crippen LogP contribution in [0.25, 0.3) is 44.6 Å². The van der Waals surface area contributed by atoms with Gasteiger partial charge >= 0.3 is 0 Å². The van der Waals surface area contributed by atoms with Crippen LogP contribution in [0.3, 0.4) is 0 Å². The number of rotatable bonds is 18. The van der Waals surface area contributed by atoms with Crippen LogP contribution >= 0.6 is 0 Å². The number of para-hydroxylation sites is 1. The highest BCUT2D eigenvalue weighted by atomic mass is 16.5. The Kier molecular flexibility index (Phi) is 12.4. The molecular formula is C48H51N3O7. The Morgan fingerprint density at radius 2 is 1.38 bits per heavy atom. The molecule has 3 aromatic heterocycles. The first-order chi connectivity index (χ1) is 28.0. The molecule has 0 amide bonds. The Morgan fingerprint density at radius 1 is 0.707 bits per heavy atom. The largest absolute Gasteiger partial charge is 0.494 e. The lowest BCUT2D eigenvalue weighted by Gasteiger charge is -2.32. The highest BCUT2D eigenvalue weighted by Crippen LogP contribution is 2.32. The van der Waals surface area contributed by atoms with Gasteiger partial charge in [0, 0.05) is 23.3 Å². The summed E-state index contributed by atoms with van der Waals surface area (Å²) >= 11 is 0. The zero-order valence-corrected chi connectivity index (χ0v) is 34.0. The first-order valence-electron chi connectivity index (χ1n) is 20.1. The first-order valence-corrected chi connectivity index (χ1v) is 20.1. The zero-order valence-electron chi connectivity index (χ0n) is 34.0. The molecule has 0 aliphatic carbocycles. The second kappa shape index (κ2) is 17.7. The SMILES string of the molecule is CCC(C)(OCCC(C)(C)OCCn1nncc1CCCCOc1ccc(-c2cc(=O)c3cc(C)ccc3o2)cc1)c1ccc(-c2cc(=O)c3ccccc3o2)cc1. The molecule has 1 atom stereocenters. The lowest BCUT2D eigenvalue weighted by atomic mass is 9.91. The van der Waals surface area contributed by atoms with E-state index in [4.69, 9.17) is 23.0 Å². The zero-order chi connectivity index (χ0) is 40.7. The summed E-state index contributed by atoms with van der Waals surface area (Å²) in [6, 6.07) is 31.7. The highest BCUT2D eigenvalue weighted by molar-refractivity contribution is 5.80. The van der Waals surface area contributed by atoms with Gasteiger partial charge in [-0.3, -0.25) is 9.59 Å². The van der Waals surface area contributed by atoms with Crippen molar-refractivity contribution in [3.8, 4) is 28.4 Å². The number of ether oxygens (including phenoxy) is 3. The molecule has 0 spiro atoms. The molecular weight excluding hydrogens is 731 g/mol. The summed E-state index contributed by atoms with van der Waals surface area (Å²) in [4.78, 5) is 25.3.